The molecule has 1 aliphatic rings. The van der Waals surface area contributed by atoms with E-state index in [0.29, 0.717) is 22.1 Å². The fourth-order valence-electron chi connectivity index (χ4n) is 2.64. The first kappa shape index (κ1) is 14.4. The van der Waals surface area contributed by atoms with Crippen LogP contribution in [-0.2, 0) is 0 Å². The maximum Gasteiger partial charge on any atom is 0.263 e. The number of nitrogens with one attached hydrogen (secondary N) is 1. The van der Waals surface area contributed by atoms with E-state index < -0.39 is 0 Å². The van der Waals surface area contributed by atoms with Crippen molar-refractivity contribution in [2.24, 2.45) is 0 Å². The quantitative estimate of drug-likeness (QED) is 0.822. The second-order valence-corrected chi connectivity index (χ2v) is 6.73. The van der Waals surface area contributed by atoms with Crippen LogP contribution in [0.4, 0.5) is 5.69 Å². The summed E-state index contributed by atoms with van der Waals surface area (Å²) < 4.78 is 0.987. The molecule has 0 saturated heterocycles. The number of hydrogen-bond donors (Lipinski definition) is 2. The van der Waals surface area contributed by atoms with E-state index >= 15 is 0 Å². The monoisotopic (exact) mass is 320 g/mol. The minimum atomic E-state index is -0.0941. The molecule has 0 radical (unpaired) electrons. The maximum absolute atomic E-state index is 12.3. The number of benzene rings is 1. The van der Waals surface area contributed by atoms with Crippen LogP contribution in [0.5, 0.6) is 0 Å². The summed E-state index contributed by atoms with van der Waals surface area (Å²) in [6.07, 6.45) is 6.80. The van der Waals surface area contributed by atoms with Gasteiger partial charge in [0.1, 0.15) is 4.88 Å². The van der Waals surface area contributed by atoms with E-state index in [1.165, 1.54) is 36.2 Å². The Morgan fingerprint density at radius 3 is 3.05 bits per heavy atom. The van der Waals surface area contributed by atoms with Crippen LogP contribution in [0.3, 0.4) is 0 Å². The van der Waals surface area contributed by atoms with Gasteiger partial charge >= 0.3 is 0 Å². The van der Waals surface area contributed by atoms with Gasteiger partial charge in [0.25, 0.3) is 5.91 Å². The fraction of sp³-hybridized carbons (Fsp3) is 0.312. The van der Waals surface area contributed by atoms with Gasteiger partial charge in [-0.15, -0.1) is 11.3 Å². The molecule has 0 bridgehead atoms. The number of nitrogens with two attached hydrogens (primary N) is 1. The molecule has 1 aromatic heterocycles. The third-order valence-electron chi connectivity index (χ3n) is 3.76. The molecule has 1 aromatic carbocycles. The SMILES string of the molecule is Nc1c(C(=O)NCCC2=CCCC2)sc2ccc(Cl)cc12. The average Bonchev–Trinajstić information content (AvgIpc) is 3.08. The van der Waals surface area contributed by atoms with Gasteiger partial charge < -0.3 is 11.1 Å². The highest BCUT2D eigenvalue weighted by atomic mass is 35.5. The Hall–Kier alpha value is -1.52. The zero-order valence-corrected chi connectivity index (χ0v) is 13.2. The van der Waals surface area contributed by atoms with Gasteiger partial charge in [-0.1, -0.05) is 23.3 Å². The maximum atomic E-state index is 12.3. The van der Waals surface area contributed by atoms with E-state index in [4.69, 9.17) is 17.3 Å². The second kappa shape index (κ2) is 6.08. The first-order valence-electron chi connectivity index (χ1n) is 7.09. The molecule has 0 atom stereocenters. The zero-order valence-electron chi connectivity index (χ0n) is 11.6. The Labute approximate surface area is 132 Å². The van der Waals surface area contributed by atoms with Gasteiger partial charge in [0.15, 0.2) is 0 Å². The summed E-state index contributed by atoms with van der Waals surface area (Å²) in [5.74, 6) is -0.0941. The van der Waals surface area contributed by atoms with Crippen molar-refractivity contribution in [1.82, 2.24) is 5.32 Å². The molecule has 1 aliphatic carbocycles. The Bertz CT molecular complexity index is 720. The molecular weight excluding hydrogens is 304 g/mol. The number of rotatable bonds is 4. The summed E-state index contributed by atoms with van der Waals surface area (Å²) in [5, 5.41) is 4.45. The fourth-order valence-corrected chi connectivity index (χ4v) is 3.83. The molecule has 0 unspecified atom stereocenters. The highest BCUT2D eigenvalue weighted by molar-refractivity contribution is 7.21. The number of carbonyl (C=O) groups is 1. The molecular formula is C16H17ClN2OS. The van der Waals surface area contributed by atoms with Gasteiger partial charge in [-0.05, 0) is 43.9 Å². The molecule has 21 heavy (non-hydrogen) atoms. The van der Waals surface area contributed by atoms with Gasteiger partial charge in [-0.25, -0.2) is 0 Å². The lowest BCUT2D eigenvalue weighted by Gasteiger charge is -2.05. The van der Waals surface area contributed by atoms with Crippen LogP contribution in [0.2, 0.25) is 5.02 Å². The Morgan fingerprint density at radius 2 is 2.29 bits per heavy atom. The number of allylic oxidation sites excluding steroid dienone is 1. The summed E-state index contributed by atoms with van der Waals surface area (Å²) in [6, 6.07) is 5.52. The molecule has 2 aromatic rings. The summed E-state index contributed by atoms with van der Waals surface area (Å²) in [4.78, 5) is 12.8. The molecule has 0 spiro atoms. The van der Waals surface area contributed by atoms with Gasteiger partial charge in [0, 0.05) is 21.7 Å². The summed E-state index contributed by atoms with van der Waals surface area (Å²) in [5.41, 5.74) is 8.06. The minimum Gasteiger partial charge on any atom is -0.397 e. The average molecular weight is 321 g/mol. The largest absolute Gasteiger partial charge is 0.397 e. The predicted octanol–water partition coefficient (Wildman–Crippen LogP) is 4.37. The van der Waals surface area contributed by atoms with Crippen molar-refractivity contribution < 1.29 is 4.79 Å². The van der Waals surface area contributed by atoms with E-state index in [1.807, 2.05) is 18.2 Å². The van der Waals surface area contributed by atoms with E-state index in [1.54, 1.807) is 0 Å². The third-order valence-corrected chi connectivity index (χ3v) is 5.18. The van der Waals surface area contributed by atoms with Crippen molar-refractivity contribution >= 4 is 44.6 Å². The Kier molecular flexibility index (Phi) is 4.17. The van der Waals surface area contributed by atoms with E-state index in [-0.39, 0.29) is 5.91 Å². The normalized spacial score (nSPS) is 14.4. The molecule has 1 heterocycles. The van der Waals surface area contributed by atoms with Crippen LogP contribution in [0, 0.1) is 0 Å². The first-order valence-corrected chi connectivity index (χ1v) is 8.28. The molecule has 3 rings (SSSR count). The van der Waals surface area contributed by atoms with Crippen molar-refractivity contribution in [3.05, 3.63) is 39.7 Å². The van der Waals surface area contributed by atoms with Crippen molar-refractivity contribution in [2.45, 2.75) is 25.7 Å². The number of nitrogen functional groups attached to an aromatic ring is 1. The summed E-state index contributed by atoms with van der Waals surface area (Å²) >= 11 is 7.39. The molecule has 3 nitrogen and oxygen atoms in total. The molecule has 1 amide bonds. The predicted molar refractivity (Wildman–Crippen MR) is 90.1 cm³/mol. The van der Waals surface area contributed by atoms with Crippen LogP contribution < -0.4 is 11.1 Å². The van der Waals surface area contributed by atoms with E-state index in [0.717, 1.165) is 16.5 Å². The third kappa shape index (κ3) is 3.06. The van der Waals surface area contributed by atoms with Gasteiger partial charge in [0.05, 0.1) is 5.69 Å². The van der Waals surface area contributed by atoms with Crippen LogP contribution in [-0.4, -0.2) is 12.5 Å². The smallest absolute Gasteiger partial charge is 0.263 e. The van der Waals surface area contributed by atoms with Gasteiger partial charge in [0.2, 0.25) is 0 Å². The minimum absolute atomic E-state index is 0.0941. The molecule has 5 heteroatoms. The first-order chi connectivity index (χ1) is 10.1. The number of carbonyl (C=O) groups excluding carboxylic acids is 1. The zero-order chi connectivity index (χ0) is 14.8. The number of halogens is 1. The van der Waals surface area contributed by atoms with Crippen molar-refractivity contribution in [1.29, 1.82) is 0 Å². The molecule has 110 valence electrons. The van der Waals surface area contributed by atoms with Crippen molar-refractivity contribution in [2.75, 3.05) is 12.3 Å². The second-order valence-electron chi connectivity index (χ2n) is 5.25. The molecule has 0 fully saturated rings. The number of amides is 1. The Morgan fingerprint density at radius 1 is 1.43 bits per heavy atom. The van der Waals surface area contributed by atoms with Crippen LogP contribution in [0.15, 0.2) is 29.8 Å². The van der Waals surface area contributed by atoms with E-state index in [9.17, 15) is 4.79 Å². The van der Waals surface area contributed by atoms with Crippen molar-refractivity contribution in [3.8, 4) is 0 Å². The van der Waals surface area contributed by atoms with E-state index in [2.05, 4.69) is 11.4 Å². The topological polar surface area (TPSA) is 55.1 Å². The molecule has 0 saturated carbocycles. The number of anilines is 1. The van der Waals surface area contributed by atoms with Gasteiger partial charge in [-0.3, -0.25) is 4.79 Å². The summed E-state index contributed by atoms with van der Waals surface area (Å²) in [7, 11) is 0. The lowest BCUT2D eigenvalue weighted by molar-refractivity contribution is 0.0959. The number of fused-ring (bicyclic) bond motifs is 1. The molecule has 3 N–H and O–H groups in total. The Balaban J connectivity index is 1.70. The van der Waals surface area contributed by atoms with Crippen LogP contribution in [0.1, 0.15) is 35.4 Å². The summed E-state index contributed by atoms with van der Waals surface area (Å²) in [6.45, 7) is 0.666. The van der Waals surface area contributed by atoms with Gasteiger partial charge in [-0.2, -0.15) is 0 Å². The lowest BCUT2D eigenvalue weighted by Crippen LogP contribution is -2.24. The highest BCUT2D eigenvalue weighted by Crippen LogP contribution is 2.35. The van der Waals surface area contributed by atoms with Crippen LogP contribution >= 0.6 is 22.9 Å². The number of hydrogen-bond acceptors (Lipinski definition) is 3. The van der Waals surface area contributed by atoms with Crippen molar-refractivity contribution in [3.63, 3.8) is 0 Å². The highest BCUT2D eigenvalue weighted by Gasteiger charge is 2.16. The van der Waals surface area contributed by atoms with Crippen LogP contribution in [0.25, 0.3) is 10.1 Å². The lowest BCUT2D eigenvalue weighted by atomic mass is 10.1. The molecule has 0 aliphatic heterocycles. The standard InChI is InChI=1S/C16H17ClN2OS/c17-11-5-6-13-12(9-11)14(18)15(21-13)16(20)19-8-7-10-3-1-2-4-10/h3,5-6,9H,1-2,4,7-8,18H2,(H,19,20). The number of thiophene rings is 1.